The van der Waals surface area contributed by atoms with Gasteiger partial charge in [0.25, 0.3) is 11.5 Å². The lowest BCUT2D eigenvalue weighted by Gasteiger charge is -2.22. The minimum Gasteiger partial charge on any atom is -0.507 e. The van der Waals surface area contributed by atoms with Gasteiger partial charge < -0.3 is 14.4 Å². The quantitative estimate of drug-likeness (QED) is 0.204. The SMILES string of the molecule is COc1ccc(C(O)=C2C(=O)C(=O)N(c3cc(C)on3)[C@@H]2c2ccc([N+](=O)[O-])cc2)cc1C. The van der Waals surface area contributed by atoms with Crippen LogP contribution in [0.1, 0.15) is 28.5 Å². The molecule has 1 atom stereocenters. The molecule has 0 saturated carbocycles. The first-order chi connectivity index (χ1) is 15.7. The van der Waals surface area contributed by atoms with Gasteiger partial charge in [-0.3, -0.25) is 24.6 Å². The van der Waals surface area contributed by atoms with E-state index in [-0.39, 0.29) is 22.8 Å². The van der Waals surface area contributed by atoms with Crippen LogP contribution in [0.2, 0.25) is 0 Å². The van der Waals surface area contributed by atoms with Gasteiger partial charge in [0.2, 0.25) is 0 Å². The zero-order valence-corrected chi connectivity index (χ0v) is 17.9. The second-order valence-electron chi connectivity index (χ2n) is 7.50. The van der Waals surface area contributed by atoms with Crippen LogP contribution in [0.3, 0.4) is 0 Å². The fourth-order valence-electron chi connectivity index (χ4n) is 3.81. The average Bonchev–Trinajstić information content (AvgIpc) is 3.34. The topological polar surface area (TPSA) is 136 Å². The number of ether oxygens (including phenoxy) is 1. The van der Waals surface area contributed by atoms with Crippen LogP contribution in [0.4, 0.5) is 11.5 Å². The van der Waals surface area contributed by atoms with E-state index in [1.165, 1.54) is 37.4 Å². The third kappa shape index (κ3) is 3.71. The molecule has 1 aliphatic rings. The molecule has 1 saturated heterocycles. The van der Waals surface area contributed by atoms with E-state index < -0.39 is 22.7 Å². The van der Waals surface area contributed by atoms with Gasteiger partial charge in [0.1, 0.15) is 17.3 Å². The molecule has 0 radical (unpaired) electrons. The van der Waals surface area contributed by atoms with Crippen LogP contribution in [-0.4, -0.2) is 34.0 Å². The molecule has 1 aromatic heterocycles. The maximum atomic E-state index is 13.1. The van der Waals surface area contributed by atoms with E-state index in [0.29, 0.717) is 22.6 Å². The monoisotopic (exact) mass is 449 g/mol. The second kappa shape index (κ2) is 8.23. The number of benzene rings is 2. The summed E-state index contributed by atoms with van der Waals surface area (Å²) in [6, 6.07) is 10.7. The number of aryl methyl sites for hydroxylation is 2. The number of non-ortho nitro benzene ring substituents is 1. The number of hydrogen-bond donors (Lipinski definition) is 1. The summed E-state index contributed by atoms with van der Waals surface area (Å²) in [4.78, 5) is 37.7. The van der Waals surface area contributed by atoms with E-state index in [1.54, 1.807) is 32.0 Å². The molecule has 2 heterocycles. The molecule has 3 aromatic rings. The van der Waals surface area contributed by atoms with E-state index in [1.807, 2.05) is 0 Å². The molecule has 1 N–H and O–H groups in total. The van der Waals surface area contributed by atoms with Gasteiger partial charge in [-0.05, 0) is 55.3 Å². The molecule has 0 spiro atoms. The number of aliphatic hydroxyl groups excluding tert-OH is 1. The van der Waals surface area contributed by atoms with Gasteiger partial charge in [0.05, 0.1) is 23.6 Å². The number of ketones is 1. The summed E-state index contributed by atoms with van der Waals surface area (Å²) < 4.78 is 10.3. The minimum atomic E-state index is -1.07. The predicted octanol–water partition coefficient (Wildman–Crippen LogP) is 3.83. The van der Waals surface area contributed by atoms with Gasteiger partial charge in [0.15, 0.2) is 5.82 Å². The maximum Gasteiger partial charge on any atom is 0.301 e. The van der Waals surface area contributed by atoms with E-state index in [9.17, 15) is 24.8 Å². The molecule has 33 heavy (non-hydrogen) atoms. The van der Waals surface area contributed by atoms with Crippen LogP contribution in [0.5, 0.6) is 5.75 Å². The summed E-state index contributed by atoms with van der Waals surface area (Å²) in [5.41, 5.74) is 1.09. The van der Waals surface area contributed by atoms with Crippen molar-refractivity contribution in [1.82, 2.24) is 5.16 Å². The van der Waals surface area contributed by atoms with Crippen molar-refractivity contribution in [1.29, 1.82) is 0 Å². The van der Waals surface area contributed by atoms with Gasteiger partial charge in [-0.15, -0.1) is 0 Å². The van der Waals surface area contributed by atoms with Gasteiger partial charge in [0, 0.05) is 23.8 Å². The Morgan fingerprint density at radius 2 is 1.85 bits per heavy atom. The van der Waals surface area contributed by atoms with Crippen molar-refractivity contribution in [3.05, 3.63) is 86.7 Å². The van der Waals surface area contributed by atoms with Crippen LogP contribution >= 0.6 is 0 Å². The summed E-state index contributed by atoms with van der Waals surface area (Å²) in [7, 11) is 1.52. The third-order valence-corrected chi connectivity index (χ3v) is 5.39. The molecule has 0 bridgehead atoms. The highest BCUT2D eigenvalue weighted by Crippen LogP contribution is 2.42. The molecule has 168 valence electrons. The summed E-state index contributed by atoms with van der Waals surface area (Å²) in [5.74, 6) is -1.10. The second-order valence-corrected chi connectivity index (χ2v) is 7.50. The van der Waals surface area contributed by atoms with Crippen molar-refractivity contribution in [3.8, 4) is 5.75 Å². The first-order valence-electron chi connectivity index (χ1n) is 9.86. The Kier molecular flexibility index (Phi) is 5.42. The van der Waals surface area contributed by atoms with Crippen LogP contribution in [0.25, 0.3) is 5.76 Å². The molecular weight excluding hydrogens is 430 g/mol. The van der Waals surface area contributed by atoms with Crippen molar-refractivity contribution in [2.75, 3.05) is 12.0 Å². The van der Waals surface area contributed by atoms with E-state index in [0.717, 1.165) is 10.5 Å². The number of rotatable bonds is 5. The number of nitro groups is 1. The smallest absolute Gasteiger partial charge is 0.301 e. The highest BCUT2D eigenvalue weighted by molar-refractivity contribution is 6.51. The molecule has 1 amide bonds. The van der Waals surface area contributed by atoms with Gasteiger partial charge in [-0.25, -0.2) is 0 Å². The van der Waals surface area contributed by atoms with E-state index in [2.05, 4.69) is 5.16 Å². The fourth-order valence-corrected chi connectivity index (χ4v) is 3.81. The molecule has 0 aliphatic carbocycles. The molecule has 1 fully saturated rings. The number of Topliss-reactive ketones (excluding diaryl/α,β-unsaturated/α-hetero) is 1. The standard InChI is InChI=1S/C23H19N3O7/c1-12-10-15(6-9-17(12)32-3)21(27)19-20(14-4-7-16(8-5-14)26(30)31)25(23(29)22(19)28)18-11-13(2)33-24-18/h4-11,20,27H,1-3H3/t20-/m1/s1. The summed E-state index contributed by atoms with van der Waals surface area (Å²) >= 11 is 0. The van der Waals surface area contributed by atoms with Gasteiger partial charge in [-0.2, -0.15) is 0 Å². The molecule has 4 rings (SSSR count). The number of hydrogen-bond acceptors (Lipinski definition) is 8. The van der Waals surface area contributed by atoms with Crippen molar-refractivity contribution in [2.24, 2.45) is 0 Å². The molecule has 10 nitrogen and oxygen atoms in total. The number of anilines is 1. The summed E-state index contributed by atoms with van der Waals surface area (Å²) in [6.07, 6.45) is 0. The van der Waals surface area contributed by atoms with Crippen LogP contribution in [0, 0.1) is 24.0 Å². The Morgan fingerprint density at radius 3 is 2.39 bits per heavy atom. The van der Waals surface area contributed by atoms with Gasteiger partial charge >= 0.3 is 5.91 Å². The number of amides is 1. The number of carbonyl (C=O) groups is 2. The molecule has 1 aliphatic heterocycles. The Hall–Kier alpha value is -4.47. The molecule has 2 aromatic carbocycles. The van der Waals surface area contributed by atoms with Crippen molar-refractivity contribution in [3.63, 3.8) is 0 Å². The Morgan fingerprint density at radius 1 is 1.15 bits per heavy atom. The van der Waals surface area contributed by atoms with Crippen molar-refractivity contribution >= 4 is 29.0 Å². The van der Waals surface area contributed by atoms with Gasteiger partial charge in [-0.1, -0.05) is 5.16 Å². The third-order valence-electron chi connectivity index (χ3n) is 5.39. The maximum absolute atomic E-state index is 13.1. The highest BCUT2D eigenvalue weighted by atomic mass is 16.6. The van der Waals surface area contributed by atoms with Crippen LogP contribution in [0.15, 0.2) is 58.6 Å². The zero-order chi connectivity index (χ0) is 23.9. The van der Waals surface area contributed by atoms with E-state index >= 15 is 0 Å². The minimum absolute atomic E-state index is 0.0860. The fraction of sp³-hybridized carbons (Fsp3) is 0.174. The van der Waals surface area contributed by atoms with Crippen molar-refractivity contribution in [2.45, 2.75) is 19.9 Å². The normalized spacial score (nSPS) is 17.4. The van der Waals surface area contributed by atoms with Crippen molar-refractivity contribution < 1.29 is 28.9 Å². The Balaban J connectivity index is 1.92. The number of aromatic nitrogens is 1. The lowest BCUT2D eigenvalue weighted by molar-refractivity contribution is -0.384. The number of nitrogens with zero attached hydrogens (tertiary/aromatic N) is 3. The lowest BCUT2D eigenvalue weighted by Crippen LogP contribution is -2.29. The number of nitro benzene ring substituents is 1. The number of aliphatic hydroxyl groups is 1. The summed E-state index contributed by atoms with van der Waals surface area (Å²) in [5, 5.41) is 26.1. The number of carbonyl (C=O) groups excluding carboxylic acids is 2. The van der Waals surface area contributed by atoms with E-state index in [4.69, 9.17) is 9.26 Å². The zero-order valence-electron chi connectivity index (χ0n) is 17.9. The largest absolute Gasteiger partial charge is 0.507 e. The van der Waals surface area contributed by atoms with Crippen LogP contribution in [-0.2, 0) is 9.59 Å². The first kappa shape index (κ1) is 21.8. The molecule has 10 heteroatoms. The lowest BCUT2D eigenvalue weighted by atomic mass is 9.94. The van der Waals surface area contributed by atoms with Crippen LogP contribution < -0.4 is 9.64 Å². The Bertz CT molecular complexity index is 1310. The average molecular weight is 449 g/mol. The molecular formula is C23H19N3O7. The molecule has 0 unspecified atom stereocenters. The highest BCUT2D eigenvalue weighted by Gasteiger charge is 2.48. The first-order valence-corrected chi connectivity index (χ1v) is 9.86. The Labute approximate surface area is 187 Å². The number of methoxy groups -OCH3 is 1. The predicted molar refractivity (Wildman–Crippen MR) is 117 cm³/mol. The summed E-state index contributed by atoms with van der Waals surface area (Å²) in [6.45, 7) is 3.41.